The summed E-state index contributed by atoms with van der Waals surface area (Å²) in [6, 6.07) is 16.9. The Balaban J connectivity index is 2.00. The molecule has 0 aliphatic rings. The predicted molar refractivity (Wildman–Crippen MR) is 117 cm³/mol. The van der Waals surface area contributed by atoms with Crippen LogP contribution in [0.4, 0.5) is 13.2 Å². The van der Waals surface area contributed by atoms with Crippen molar-refractivity contribution < 1.29 is 39.9 Å². The van der Waals surface area contributed by atoms with E-state index in [1.54, 1.807) is 48.0 Å². The van der Waals surface area contributed by atoms with Gasteiger partial charge in [0.2, 0.25) is 11.0 Å². The molecule has 33 heavy (non-hydrogen) atoms. The number of carbonyl (C=O) groups is 1. The van der Waals surface area contributed by atoms with Gasteiger partial charge in [0.1, 0.15) is 18.2 Å². The number of carbonyl (C=O) groups excluding carboxylic acids is 1. The van der Waals surface area contributed by atoms with Gasteiger partial charge in [-0.15, -0.1) is 0 Å². The zero-order valence-corrected chi connectivity index (χ0v) is 19.2. The van der Waals surface area contributed by atoms with Gasteiger partial charge in [0.25, 0.3) is 0 Å². The topological polar surface area (TPSA) is 73.5 Å². The Morgan fingerprint density at radius 2 is 1.58 bits per heavy atom. The second-order valence-corrected chi connectivity index (χ2v) is 9.38. The van der Waals surface area contributed by atoms with E-state index in [9.17, 15) is 26.4 Å². The van der Waals surface area contributed by atoms with Crippen LogP contribution in [0.3, 0.4) is 0 Å². The van der Waals surface area contributed by atoms with Gasteiger partial charge < -0.3 is 8.92 Å². The Labute approximate surface area is 194 Å². The first-order valence-corrected chi connectivity index (χ1v) is 11.5. The van der Waals surface area contributed by atoms with Gasteiger partial charge in [0.15, 0.2) is 5.75 Å². The number of fused-ring (bicyclic) bond motifs is 2. The summed E-state index contributed by atoms with van der Waals surface area (Å²) in [5, 5.41) is 0.212. The van der Waals surface area contributed by atoms with E-state index < -0.39 is 27.3 Å². The number of halogens is 4. The maximum Gasteiger partial charge on any atom is 0.534 e. The van der Waals surface area contributed by atoms with E-state index in [0.717, 1.165) is 10.5 Å². The highest BCUT2D eigenvalue weighted by molar-refractivity contribution is 9.10. The molecule has 0 unspecified atom stereocenters. The number of hydrogen-bond donors (Lipinski definition) is 0. The van der Waals surface area contributed by atoms with Crippen molar-refractivity contribution in [2.24, 2.45) is 7.05 Å². The molecule has 1 heterocycles. The summed E-state index contributed by atoms with van der Waals surface area (Å²) in [6.45, 7) is 0. The second-order valence-electron chi connectivity index (χ2n) is 6.93. The van der Waals surface area contributed by atoms with Crippen molar-refractivity contribution in [1.29, 1.82) is 0 Å². The lowest BCUT2D eigenvalue weighted by atomic mass is 10.0. The first-order chi connectivity index (χ1) is 15.5. The minimum absolute atomic E-state index is 0.130. The molecule has 1 aromatic heterocycles. The molecule has 0 bridgehead atoms. The predicted octanol–water partition coefficient (Wildman–Crippen LogP) is 5.03. The minimum atomic E-state index is -5.98. The lowest BCUT2D eigenvalue weighted by Gasteiger charge is -2.14. The van der Waals surface area contributed by atoms with E-state index in [1.165, 1.54) is 24.3 Å². The molecule has 0 spiro atoms. The Morgan fingerprint density at radius 1 is 0.939 bits per heavy atom. The summed E-state index contributed by atoms with van der Waals surface area (Å²) in [4.78, 5) is 13.3. The summed E-state index contributed by atoms with van der Waals surface area (Å²) in [6.07, 6.45) is 0. The van der Waals surface area contributed by atoms with Crippen molar-refractivity contribution >= 4 is 53.8 Å². The summed E-state index contributed by atoms with van der Waals surface area (Å²) >= 11 is 3.27. The maximum atomic E-state index is 13.3. The summed E-state index contributed by atoms with van der Waals surface area (Å²) in [5.41, 5.74) is -4.93. The van der Waals surface area contributed by atoms with Gasteiger partial charge in [-0.25, -0.2) is 4.79 Å². The highest BCUT2D eigenvalue weighted by Crippen LogP contribution is 2.36. The average Bonchev–Trinajstić information content (AvgIpc) is 2.75. The van der Waals surface area contributed by atoms with E-state index >= 15 is 0 Å². The fraction of sp³-hybridized carbons (Fsp3) is 0.0909. The standard InChI is InChI=1S/C22H14BrF3NO5S/c1-27-16-6-3-2-5-15(16)19(21(28)31-14-11-9-13(23)10-12-14)20-17(27)7-4-8-18(20)32-33(29,30)22(24,25)26/h2-12H,1H3/q+1. The number of pyridine rings is 1. The van der Waals surface area contributed by atoms with Gasteiger partial charge in [-0.05, 0) is 36.4 Å². The summed E-state index contributed by atoms with van der Waals surface area (Å²) < 4.78 is 74.8. The molecule has 0 saturated heterocycles. The summed E-state index contributed by atoms with van der Waals surface area (Å²) in [5.74, 6) is -1.34. The van der Waals surface area contributed by atoms with Crippen molar-refractivity contribution in [3.63, 3.8) is 0 Å². The first-order valence-electron chi connectivity index (χ1n) is 9.31. The quantitative estimate of drug-likeness (QED) is 0.0906. The Kier molecular flexibility index (Phi) is 5.79. The number of aromatic nitrogens is 1. The van der Waals surface area contributed by atoms with E-state index in [1.807, 2.05) is 0 Å². The fourth-order valence-electron chi connectivity index (χ4n) is 3.40. The zero-order valence-electron chi connectivity index (χ0n) is 16.8. The Morgan fingerprint density at radius 3 is 2.24 bits per heavy atom. The van der Waals surface area contributed by atoms with Gasteiger partial charge in [0, 0.05) is 16.6 Å². The number of nitrogens with zero attached hydrogens (tertiary/aromatic N) is 1. The molecule has 0 N–H and O–H groups in total. The van der Waals surface area contributed by atoms with Gasteiger partial charge >= 0.3 is 21.6 Å². The van der Waals surface area contributed by atoms with E-state index in [0.29, 0.717) is 10.9 Å². The smallest absolute Gasteiger partial charge is 0.423 e. The second kappa shape index (κ2) is 8.31. The summed E-state index contributed by atoms with van der Waals surface area (Å²) in [7, 11) is -4.35. The number of esters is 1. The van der Waals surface area contributed by atoms with Gasteiger partial charge in [-0.2, -0.15) is 26.2 Å². The van der Waals surface area contributed by atoms with Crippen LogP contribution < -0.4 is 13.5 Å². The van der Waals surface area contributed by atoms with Crippen molar-refractivity contribution in [1.82, 2.24) is 0 Å². The SMILES string of the molecule is C[n+]1c2ccccc2c(C(=O)Oc2ccc(Br)cc2)c2c(OS(=O)(=O)C(F)(F)F)cccc21. The van der Waals surface area contributed by atoms with E-state index in [4.69, 9.17) is 4.74 Å². The van der Waals surface area contributed by atoms with Crippen molar-refractivity contribution in [3.8, 4) is 11.5 Å². The molecule has 3 aromatic carbocycles. The van der Waals surface area contributed by atoms with Crippen LogP contribution in [0.15, 0.2) is 71.2 Å². The lowest BCUT2D eigenvalue weighted by molar-refractivity contribution is -0.617. The van der Waals surface area contributed by atoms with Crippen LogP contribution in [0.1, 0.15) is 10.4 Å². The third-order valence-corrected chi connectivity index (χ3v) is 6.36. The maximum absolute atomic E-state index is 13.3. The van der Waals surface area contributed by atoms with E-state index in [-0.39, 0.29) is 22.2 Å². The van der Waals surface area contributed by atoms with E-state index in [2.05, 4.69) is 20.1 Å². The monoisotopic (exact) mass is 540 g/mol. The zero-order chi connectivity index (χ0) is 24.0. The van der Waals surface area contributed by atoms with Crippen LogP contribution in [0, 0.1) is 0 Å². The van der Waals surface area contributed by atoms with Crippen molar-refractivity contribution in [2.45, 2.75) is 5.51 Å². The first kappa shape index (κ1) is 23.0. The number of rotatable bonds is 4. The number of benzene rings is 3. The molecule has 0 aliphatic carbocycles. The highest BCUT2D eigenvalue weighted by Gasteiger charge is 2.49. The number of hydrogen-bond acceptors (Lipinski definition) is 5. The number of aryl methyl sites for hydroxylation is 1. The Bertz CT molecular complexity index is 1500. The normalized spacial score (nSPS) is 12.2. The van der Waals surface area contributed by atoms with Crippen molar-refractivity contribution in [3.05, 3.63) is 76.8 Å². The number of alkyl halides is 3. The van der Waals surface area contributed by atoms with Crippen LogP contribution in [-0.2, 0) is 17.2 Å². The van der Waals surface area contributed by atoms with Crippen molar-refractivity contribution in [2.75, 3.05) is 0 Å². The molecule has 0 saturated carbocycles. The third kappa shape index (κ3) is 4.25. The van der Waals surface area contributed by atoms with Crippen LogP contribution in [0.5, 0.6) is 11.5 Å². The van der Waals surface area contributed by atoms with Gasteiger partial charge in [0.05, 0.1) is 10.9 Å². The fourth-order valence-corrected chi connectivity index (χ4v) is 4.13. The Hall–Kier alpha value is -3.18. The molecule has 0 atom stereocenters. The van der Waals surface area contributed by atoms with Gasteiger partial charge in [-0.1, -0.05) is 34.1 Å². The molecule has 0 radical (unpaired) electrons. The molecule has 11 heteroatoms. The molecule has 0 aliphatic heterocycles. The number of ether oxygens (including phenoxy) is 1. The van der Waals surface area contributed by atoms with Crippen LogP contribution in [0.25, 0.3) is 21.8 Å². The highest BCUT2D eigenvalue weighted by atomic mass is 79.9. The molecular weight excluding hydrogens is 527 g/mol. The molecule has 4 rings (SSSR count). The number of para-hydroxylation sites is 1. The van der Waals surface area contributed by atoms with Crippen LogP contribution in [-0.4, -0.2) is 19.9 Å². The van der Waals surface area contributed by atoms with Crippen LogP contribution >= 0.6 is 15.9 Å². The minimum Gasteiger partial charge on any atom is -0.423 e. The largest absolute Gasteiger partial charge is 0.534 e. The molecule has 4 aromatic rings. The molecule has 170 valence electrons. The average molecular weight is 541 g/mol. The van der Waals surface area contributed by atoms with Crippen LogP contribution in [0.2, 0.25) is 0 Å². The van der Waals surface area contributed by atoms with Gasteiger partial charge in [-0.3, -0.25) is 0 Å². The molecule has 6 nitrogen and oxygen atoms in total. The molecular formula is C22H14BrF3NO5S+. The third-order valence-electron chi connectivity index (χ3n) is 4.86. The lowest BCUT2D eigenvalue weighted by Crippen LogP contribution is -2.32. The molecule has 0 amide bonds. The molecule has 0 fully saturated rings.